The number of ether oxygens (including phenoxy) is 1. The standard InChI is InChI=1S/C22H18N2O2/c1-15-5-4-6-16(13-15)14-26-18-11-9-17(10-12-18)21-23-20-8-3-2-7-19(20)22(25)24-21/h2-13H,14H2,1H3,(H,23,24,25). The number of nitrogens with zero attached hydrogens (tertiary/aromatic N) is 1. The Balaban J connectivity index is 1.55. The van der Waals surface area contributed by atoms with E-state index in [1.54, 1.807) is 6.07 Å². The van der Waals surface area contributed by atoms with E-state index in [2.05, 4.69) is 29.0 Å². The van der Waals surface area contributed by atoms with Gasteiger partial charge in [-0.2, -0.15) is 0 Å². The van der Waals surface area contributed by atoms with Crippen molar-refractivity contribution in [2.45, 2.75) is 13.5 Å². The molecule has 26 heavy (non-hydrogen) atoms. The monoisotopic (exact) mass is 342 g/mol. The van der Waals surface area contributed by atoms with Crippen molar-refractivity contribution in [2.24, 2.45) is 0 Å². The number of aromatic nitrogens is 2. The topological polar surface area (TPSA) is 55.0 Å². The molecule has 0 fully saturated rings. The summed E-state index contributed by atoms with van der Waals surface area (Å²) in [4.78, 5) is 19.6. The molecule has 4 heteroatoms. The zero-order chi connectivity index (χ0) is 17.9. The lowest BCUT2D eigenvalue weighted by Gasteiger charge is -2.08. The third kappa shape index (κ3) is 3.35. The number of rotatable bonds is 4. The van der Waals surface area contributed by atoms with Crippen LogP contribution < -0.4 is 10.3 Å². The average molecular weight is 342 g/mol. The SMILES string of the molecule is Cc1cccc(COc2ccc(-c3nc4ccccc4c(=O)[nH]3)cc2)c1. The molecule has 128 valence electrons. The summed E-state index contributed by atoms with van der Waals surface area (Å²) in [7, 11) is 0. The highest BCUT2D eigenvalue weighted by molar-refractivity contribution is 5.79. The molecule has 4 rings (SSSR count). The van der Waals surface area contributed by atoms with Crippen LogP contribution in [0, 0.1) is 6.92 Å². The van der Waals surface area contributed by atoms with Crippen LogP contribution in [0.2, 0.25) is 0 Å². The highest BCUT2D eigenvalue weighted by Crippen LogP contribution is 2.21. The molecule has 0 bridgehead atoms. The molecule has 0 spiro atoms. The van der Waals surface area contributed by atoms with E-state index in [0.717, 1.165) is 16.9 Å². The molecule has 4 nitrogen and oxygen atoms in total. The van der Waals surface area contributed by atoms with E-state index in [9.17, 15) is 4.79 Å². The third-order valence-electron chi connectivity index (χ3n) is 4.23. The van der Waals surface area contributed by atoms with E-state index in [4.69, 9.17) is 4.74 Å². The maximum atomic E-state index is 12.2. The van der Waals surface area contributed by atoms with Gasteiger partial charge in [0.2, 0.25) is 0 Å². The van der Waals surface area contributed by atoms with Gasteiger partial charge in [-0.05, 0) is 48.9 Å². The average Bonchev–Trinajstić information content (AvgIpc) is 2.67. The van der Waals surface area contributed by atoms with Crippen LogP contribution in [0.25, 0.3) is 22.3 Å². The number of hydrogen-bond donors (Lipinski definition) is 1. The summed E-state index contributed by atoms with van der Waals surface area (Å²) < 4.78 is 5.84. The Morgan fingerprint density at radius 1 is 0.962 bits per heavy atom. The van der Waals surface area contributed by atoms with Crippen molar-refractivity contribution in [2.75, 3.05) is 0 Å². The smallest absolute Gasteiger partial charge is 0.259 e. The van der Waals surface area contributed by atoms with Crippen LogP contribution in [0.4, 0.5) is 0 Å². The highest BCUT2D eigenvalue weighted by Gasteiger charge is 2.06. The first-order valence-electron chi connectivity index (χ1n) is 8.47. The lowest BCUT2D eigenvalue weighted by Crippen LogP contribution is -2.09. The molecule has 0 radical (unpaired) electrons. The largest absolute Gasteiger partial charge is 0.489 e. The molecule has 0 aliphatic rings. The van der Waals surface area contributed by atoms with E-state index in [1.807, 2.05) is 54.6 Å². The number of nitrogens with one attached hydrogen (secondary N) is 1. The minimum atomic E-state index is -0.134. The van der Waals surface area contributed by atoms with Crippen molar-refractivity contribution in [3.63, 3.8) is 0 Å². The maximum absolute atomic E-state index is 12.2. The molecular formula is C22H18N2O2. The van der Waals surface area contributed by atoms with Gasteiger partial charge in [0, 0.05) is 5.56 Å². The molecule has 0 atom stereocenters. The first kappa shape index (κ1) is 16.1. The van der Waals surface area contributed by atoms with E-state index in [0.29, 0.717) is 23.3 Å². The van der Waals surface area contributed by atoms with E-state index in [1.165, 1.54) is 5.56 Å². The van der Waals surface area contributed by atoms with Crippen LogP contribution in [0.3, 0.4) is 0 Å². The van der Waals surface area contributed by atoms with Crippen molar-refractivity contribution in [1.29, 1.82) is 0 Å². The van der Waals surface area contributed by atoms with Gasteiger partial charge in [0.05, 0.1) is 10.9 Å². The normalized spacial score (nSPS) is 10.8. The predicted molar refractivity (Wildman–Crippen MR) is 103 cm³/mol. The molecule has 0 saturated heterocycles. The number of hydrogen-bond acceptors (Lipinski definition) is 3. The van der Waals surface area contributed by atoms with Gasteiger partial charge < -0.3 is 9.72 Å². The Bertz CT molecular complexity index is 1110. The Morgan fingerprint density at radius 3 is 2.58 bits per heavy atom. The van der Waals surface area contributed by atoms with Gasteiger partial charge in [0.15, 0.2) is 0 Å². The van der Waals surface area contributed by atoms with Gasteiger partial charge >= 0.3 is 0 Å². The zero-order valence-corrected chi connectivity index (χ0v) is 14.4. The lowest BCUT2D eigenvalue weighted by molar-refractivity contribution is 0.306. The Kier molecular flexibility index (Phi) is 4.23. The van der Waals surface area contributed by atoms with E-state index in [-0.39, 0.29) is 5.56 Å². The second-order valence-corrected chi connectivity index (χ2v) is 6.23. The zero-order valence-electron chi connectivity index (χ0n) is 14.4. The summed E-state index contributed by atoms with van der Waals surface area (Å²) >= 11 is 0. The number of benzene rings is 3. The Hall–Kier alpha value is -3.40. The molecular weight excluding hydrogens is 324 g/mol. The van der Waals surface area contributed by atoms with Crippen molar-refractivity contribution >= 4 is 10.9 Å². The van der Waals surface area contributed by atoms with Gasteiger partial charge in [-0.3, -0.25) is 4.79 Å². The summed E-state index contributed by atoms with van der Waals surface area (Å²) in [6, 6.07) is 23.1. The first-order chi connectivity index (χ1) is 12.7. The maximum Gasteiger partial charge on any atom is 0.259 e. The molecule has 1 heterocycles. The summed E-state index contributed by atoms with van der Waals surface area (Å²) in [5, 5.41) is 0.592. The van der Waals surface area contributed by atoms with Gasteiger partial charge in [0.25, 0.3) is 5.56 Å². The summed E-state index contributed by atoms with van der Waals surface area (Å²) in [5.74, 6) is 1.33. The van der Waals surface area contributed by atoms with Crippen LogP contribution in [0.5, 0.6) is 5.75 Å². The van der Waals surface area contributed by atoms with Crippen LogP contribution >= 0.6 is 0 Å². The first-order valence-corrected chi connectivity index (χ1v) is 8.47. The quantitative estimate of drug-likeness (QED) is 0.595. The van der Waals surface area contributed by atoms with Crippen LogP contribution in [0.15, 0.2) is 77.6 Å². The minimum Gasteiger partial charge on any atom is -0.489 e. The Morgan fingerprint density at radius 2 is 1.77 bits per heavy atom. The van der Waals surface area contributed by atoms with Crippen LogP contribution in [-0.4, -0.2) is 9.97 Å². The summed E-state index contributed by atoms with van der Waals surface area (Å²) in [5.41, 5.74) is 3.74. The number of aryl methyl sites for hydroxylation is 1. The molecule has 1 N–H and O–H groups in total. The number of fused-ring (bicyclic) bond motifs is 1. The summed E-state index contributed by atoms with van der Waals surface area (Å²) in [6.45, 7) is 2.59. The van der Waals surface area contributed by atoms with Gasteiger partial charge in [-0.15, -0.1) is 0 Å². The van der Waals surface area contributed by atoms with E-state index >= 15 is 0 Å². The third-order valence-corrected chi connectivity index (χ3v) is 4.23. The van der Waals surface area contributed by atoms with Crippen molar-refractivity contribution in [3.8, 4) is 17.1 Å². The van der Waals surface area contributed by atoms with E-state index < -0.39 is 0 Å². The molecule has 0 unspecified atom stereocenters. The molecule has 0 saturated carbocycles. The van der Waals surface area contributed by atoms with Gasteiger partial charge in [-0.1, -0.05) is 42.0 Å². The number of H-pyrrole nitrogens is 1. The van der Waals surface area contributed by atoms with Crippen LogP contribution in [-0.2, 0) is 6.61 Å². The fourth-order valence-corrected chi connectivity index (χ4v) is 2.90. The molecule has 0 aliphatic carbocycles. The fourth-order valence-electron chi connectivity index (χ4n) is 2.90. The van der Waals surface area contributed by atoms with Crippen LogP contribution in [0.1, 0.15) is 11.1 Å². The fraction of sp³-hybridized carbons (Fsp3) is 0.0909. The molecule has 0 amide bonds. The second kappa shape index (κ2) is 6.84. The molecule has 1 aromatic heterocycles. The predicted octanol–water partition coefficient (Wildman–Crippen LogP) is 4.48. The summed E-state index contributed by atoms with van der Waals surface area (Å²) in [6.07, 6.45) is 0. The molecule has 0 aliphatic heterocycles. The van der Waals surface area contributed by atoms with Crippen molar-refractivity contribution in [3.05, 3.63) is 94.3 Å². The lowest BCUT2D eigenvalue weighted by atomic mass is 10.1. The second-order valence-electron chi connectivity index (χ2n) is 6.23. The number of aromatic amines is 1. The molecule has 3 aromatic carbocycles. The number of para-hydroxylation sites is 1. The van der Waals surface area contributed by atoms with Crippen molar-refractivity contribution < 1.29 is 4.74 Å². The van der Waals surface area contributed by atoms with Gasteiger partial charge in [-0.25, -0.2) is 4.98 Å². The highest BCUT2D eigenvalue weighted by atomic mass is 16.5. The minimum absolute atomic E-state index is 0.134. The van der Waals surface area contributed by atoms with Crippen molar-refractivity contribution in [1.82, 2.24) is 9.97 Å². The molecule has 4 aromatic rings. The Labute approximate surface area is 151 Å². The van der Waals surface area contributed by atoms with Gasteiger partial charge in [0.1, 0.15) is 18.2 Å².